The van der Waals surface area contributed by atoms with Crippen LogP contribution >= 0.6 is 0 Å². The van der Waals surface area contributed by atoms with E-state index in [-0.39, 0.29) is 17.0 Å². The number of nitrogens with one attached hydrogen (secondary N) is 1. The summed E-state index contributed by atoms with van der Waals surface area (Å²) in [7, 11) is 0. The molecule has 1 heterocycles. The van der Waals surface area contributed by atoms with Gasteiger partial charge in [0.05, 0.1) is 16.2 Å². The Morgan fingerprint density at radius 3 is 2.81 bits per heavy atom. The second kappa shape index (κ2) is 5.66. The molecule has 1 aromatic heterocycles. The molecule has 0 atom stereocenters. The standard InChI is InChI=1S/C14H14N2O5/c1-3-9(4-2)21-13-10-6-5-8(16(19)20)7-11(10)15-14(18)12(13)17/h3,5-7,17H,4H2,1-2H3,(H,15,18). The highest BCUT2D eigenvalue weighted by Gasteiger charge is 2.17. The maximum absolute atomic E-state index is 11.7. The Balaban J connectivity index is 2.71. The van der Waals surface area contributed by atoms with E-state index in [0.29, 0.717) is 17.6 Å². The van der Waals surface area contributed by atoms with Gasteiger partial charge in [-0.25, -0.2) is 0 Å². The summed E-state index contributed by atoms with van der Waals surface area (Å²) < 4.78 is 5.56. The van der Waals surface area contributed by atoms with Gasteiger partial charge in [0.15, 0.2) is 5.75 Å². The topological polar surface area (TPSA) is 105 Å². The van der Waals surface area contributed by atoms with Crippen LogP contribution in [0.2, 0.25) is 0 Å². The molecular weight excluding hydrogens is 276 g/mol. The lowest BCUT2D eigenvalue weighted by Crippen LogP contribution is -2.08. The molecule has 7 heteroatoms. The number of ether oxygens (including phenoxy) is 1. The van der Waals surface area contributed by atoms with Crippen molar-refractivity contribution in [3.8, 4) is 11.5 Å². The van der Waals surface area contributed by atoms with Gasteiger partial charge in [0.25, 0.3) is 11.2 Å². The van der Waals surface area contributed by atoms with E-state index in [1.165, 1.54) is 18.2 Å². The van der Waals surface area contributed by atoms with Gasteiger partial charge in [0.2, 0.25) is 5.75 Å². The fourth-order valence-electron chi connectivity index (χ4n) is 1.93. The van der Waals surface area contributed by atoms with Crippen LogP contribution in [0.4, 0.5) is 5.69 Å². The molecule has 0 amide bonds. The Bertz CT molecular complexity index is 792. The van der Waals surface area contributed by atoms with E-state index in [4.69, 9.17) is 4.74 Å². The zero-order valence-electron chi connectivity index (χ0n) is 11.5. The average molecular weight is 290 g/mol. The minimum absolute atomic E-state index is 0.00130. The van der Waals surface area contributed by atoms with E-state index in [0.717, 1.165) is 0 Å². The van der Waals surface area contributed by atoms with Gasteiger partial charge in [0.1, 0.15) is 0 Å². The first kappa shape index (κ1) is 14.6. The molecule has 0 fully saturated rings. The van der Waals surface area contributed by atoms with E-state index in [9.17, 15) is 20.0 Å². The quantitative estimate of drug-likeness (QED) is 0.511. The summed E-state index contributed by atoms with van der Waals surface area (Å²) in [5.41, 5.74) is -0.686. The molecule has 0 aliphatic rings. The summed E-state index contributed by atoms with van der Waals surface area (Å²) in [5.74, 6) is 0.0262. The molecule has 0 aliphatic heterocycles. The van der Waals surface area contributed by atoms with Crippen LogP contribution < -0.4 is 10.3 Å². The van der Waals surface area contributed by atoms with E-state index in [1.54, 1.807) is 13.0 Å². The number of pyridine rings is 1. The number of hydrogen-bond acceptors (Lipinski definition) is 5. The predicted octanol–water partition coefficient (Wildman–Crippen LogP) is 2.83. The number of rotatable bonds is 4. The maximum Gasteiger partial charge on any atom is 0.294 e. The SMILES string of the molecule is CC=C(CC)Oc1c(O)c(=O)[nH]c2cc([N+](=O)[O-])ccc12. The Morgan fingerprint density at radius 2 is 2.24 bits per heavy atom. The molecule has 2 aromatic rings. The van der Waals surface area contributed by atoms with E-state index in [2.05, 4.69) is 4.98 Å². The van der Waals surface area contributed by atoms with Gasteiger partial charge in [-0.1, -0.05) is 6.92 Å². The van der Waals surface area contributed by atoms with Crippen LogP contribution in [0.15, 0.2) is 34.8 Å². The maximum atomic E-state index is 11.7. The number of nitrogens with zero attached hydrogens (tertiary/aromatic N) is 1. The Labute approximate surface area is 119 Å². The fraction of sp³-hybridized carbons (Fsp3) is 0.214. The number of allylic oxidation sites excluding steroid dienone is 2. The minimum atomic E-state index is -0.760. The highest BCUT2D eigenvalue weighted by molar-refractivity contribution is 5.88. The molecule has 0 spiro atoms. The van der Waals surface area contributed by atoms with Crippen molar-refractivity contribution in [3.63, 3.8) is 0 Å². The molecule has 0 saturated heterocycles. The highest BCUT2D eigenvalue weighted by Crippen LogP contribution is 2.33. The highest BCUT2D eigenvalue weighted by atomic mass is 16.6. The van der Waals surface area contributed by atoms with Crippen molar-refractivity contribution in [2.24, 2.45) is 0 Å². The van der Waals surface area contributed by atoms with Gasteiger partial charge >= 0.3 is 0 Å². The van der Waals surface area contributed by atoms with E-state index in [1.807, 2.05) is 6.92 Å². The molecular formula is C14H14N2O5. The first-order chi connectivity index (χ1) is 9.97. The lowest BCUT2D eigenvalue weighted by molar-refractivity contribution is -0.384. The molecule has 110 valence electrons. The van der Waals surface area contributed by atoms with Crippen LogP contribution in [0.3, 0.4) is 0 Å². The fourth-order valence-corrected chi connectivity index (χ4v) is 1.93. The van der Waals surface area contributed by atoms with Crippen molar-refractivity contribution < 1.29 is 14.8 Å². The number of aromatic amines is 1. The van der Waals surface area contributed by atoms with Crippen molar-refractivity contribution in [1.82, 2.24) is 4.98 Å². The monoisotopic (exact) mass is 290 g/mol. The number of nitro benzene ring substituents is 1. The molecule has 0 unspecified atom stereocenters. The van der Waals surface area contributed by atoms with Crippen molar-refractivity contribution in [1.29, 1.82) is 0 Å². The first-order valence-corrected chi connectivity index (χ1v) is 6.34. The lowest BCUT2D eigenvalue weighted by Gasteiger charge is -2.11. The molecule has 0 saturated carbocycles. The Morgan fingerprint density at radius 1 is 1.52 bits per heavy atom. The molecule has 2 N–H and O–H groups in total. The minimum Gasteiger partial charge on any atom is -0.500 e. The average Bonchev–Trinajstić information content (AvgIpc) is 2.47. The number of aromatic nitrogens is 1. The van der Waals surface area contributed by atoms with Crippen LogP contribution in [0.5, 0.6) is 11.5 Å². The third-order valence-electron chi connectivity index (χ3n) is 3.04. The van der Waals surface area contributed by atoms with E-state index >= 15 is 0 Å². The predicted molar refractivity (Wildman–Crippen MR) is 77.6 cm³/mol. The third-order valence-corrected chi connectivity index (χ3v) is 3.04. The second-order valence-corrected chi connectivity index (χ2v) is 4.33. The van der Waals surface area contributed by atoms with Crippen molar-refractivity contribution in [3.05, 3.63) is 50.5 Å². The van der Waals surface area contributed by atoms with Crippen molar-refractivity contribution in [2.45, 2.75) is 20.3 Å². The summed E-state index contributed by atoms with van der Waals surface area (Å²) in [4.78, 5) is 24.3. The Hall–Kier alpha value is -2.83. The number of hydrogen-bond donors (Lipinski definition) is 2. The van der Waals surface area contributed by atoms with E-state index < -0.39 is 16.2 Å². The van der Waals surface area contributed by atoms with Gasteiger partial charge in [-0.15, -0.1) is 0 Å². The number of fused-ring (bicyclic) bond motifs is 1. The summed E-state index contributed by atoms with van der Waals surface area (Å²) >= 11 is 0. The largest absolute Gasteiger partial charge is 0.500 e. The number of nitro groups is 1. The summed E-state index contributed by atoms with van der Waals surface area (Å²) in [6, 6.07) is 3.94. The van der Waals surface area contributed by atoms with Gasteiger partial charge in [-0.2, -0.15) is 0 Å². The zero-order chi connectivity index (χ0) is 15.6. The van der Waals surface area contributed by atoms with Crippen molar-refractivity contribution >= 4 is 16.6 Å². The number of non-ortho nitro benzene ring substituents is 1. The van der Waals surface area contributed by atoms with Gasteiger partial charge < -0.3 is 14.8 Å². The zero-order valence-corrected chi connectivity index (χ0v) is 11.5. The van der Waals surface area contributed by atoms with Crippen LogP contribution in [-0.4, -0.2) is 15.0 Å². The van der Waals surface area contributed by atoms with Crippen LogP contribution in [-0.2, 0) is 0 Å². The second-order valence-electron chi connectivity index (χ2n) is 4.33. The molecule has 2 rings (SSSR count). The smallest absolute Gasteiger partial charge is 0.294 e. The molecule has 0 aliphatic carbocycles. The number of benzene rings is 1. The van der Waals surface area contributed by atoms with Gasteiger partial charge in [-0.05, 0) is 19.1 Å². The summed E-state index contributed by atoms with van der Waals surface area (Å²) in [6.07, 6.45) is 2.30. The van der Waals surface area contributed by atoms with Crippen LogP contribution in [0.25, 0.3) is 10.9 Å². The van der Waals surface area contributed by atoms with Crippen LogP contribution in [0, 0.1) is 10.1 Å². The Kier molecular flexibility index (Phi) is 3.93. The third kappa shape index (κ3) is 2.71. The van der Waals surface area contributed by atoms with Gasteiger partial charge in [0, 0.05) is 23.9 Å². The van der Waals surface area contributed by atoms with Crippen molar-refractivity contribution in [2.75, 3.05) is 0 Å². The lowest BCUT2D eigenvalue weighted by atomic mass is 10.1. The summed E-state index contributed by atoms with van der Waals surface area (Å²) in [5, 5.41) is 21.1. The molecule has 1 aromatic carbocycles. The van der Waals surface area contributed by atoms with Crippen LogP contribution in [0.1, 0.15) is 20.3 Å². The molecule has 21 heavy (non-hydrogen) atoms. The normalized spacial score (nSPS) is 11.6. The molecule has 7 nitrogen and oxygen atoms in total. The van der Waals surface area contributed by atoms with Gasteiger partial charge in [-0.3, -0.25) is 14.9 Å². The molecule has 0 radical (unpaired) electrons. The number of H-pyrrole nitrogens is 1. The first-order valence-electron chi connectivity index (χ1n) is 6.34. The summed E-state index contributed by atoms with van der Waals surface area (Å²) in [6.45, 7) is 3.64. The molecule has 0 bridgehead atoms. The number of aromatic hydroxyl groups is 1.